The first-order valence-corrected chi connectivity index (χ1v) is 7.41. The maximum Gasteiger partial charge on any atom is 0.161 e. The average Bonchev–Trinajstić information content (AvgIpc) is 2.60. The maximum atomic E-state index is 10.4. The van der Waals surface area contributed by atoms with Crippen LogP contribution in [0.15, 0.2) is 72.8 Å². The summed E-state index contributed by atoms with van der Waals surface area (Å²) in [6.45, 7) is 0. The van der Waals surface area contributed by atoms with Gasteiger partial charge >= 0.3 is 0 Å². The van der Waals surface area contributed by atoms with E-state index in [9.17, 15) is 10.2 Å². The van der Waals surface area contributed by atoms with Gasteiger partial charge in [0.15, 0.2) is 11.5 Å². The number of aromatic hydroxyl groups is 2. The molecule has 0 aliphatic carbocycles. The summed E-state index contributed by atoms with van der Waals surface area (Å²) in [5.41, 5.74) is 2.58. The number of ether oxygens (including phenoxy) is 1. The van der Waals surface area contributed by atoms with Crippen molar-refractivity contribution < 1.29 is 14.9 Å². The minimum Gasteiger partial charge on any atom is -0.504 e. The lowest BCUT2D eigenvalue weighted by atomic mass is 9.84. The van der Waals surface area contributed by atoms with Crippen LogP contribution in [0.25, 0.3) is 0 Å². The van der Waals surface area contributed by atoms with Crippen molar-refractivity contribution in [2.45, 2.75) is 5.92 Å². The summed E-state index contributed by atoms with van der Waals surface area (Å²) >= 11 is 0. The van der Waals surface area contributed by atoms with Crippen LogP contribution in [-0.2, 0) is 0 Å². The Bertz CT molecular complexity index is 797. The number of rotatable bonds is 4. The summed E-state index contributed by atoms with van der Waals surface area (Å²) < 4.78 is 5.50. The van der Waals surface area contributed by atoms with E-state index in [1.807, 2.05) is 60.7 Å². The molecule has 0 aliphatic heterocycles. The third-order valence-electron chi connectivity index (χ3n) is 3.94. The molecule has 116 valence electrons. The van der Waals surface area contributed by atoms with Crippen LogP contribution in [-0.4, -0.2) is 17.3 Å². The van der Waals surface area contributed by atoms with E-state index in [1.54, 1.807) is 13.2 Å². The van der Waals surface area contributed by atoms with Crippen LogP contribution in [0, 0.1) is 0 Å². The molecule has 0 aromatic heterocycles. The summed E-state index contributed by atoms with van der Waals surface area (Å²) in [6, 6.07) is 22.6. The zero-order valence-corrected chi connectivity index (χ0v) is 12.8. The number of phenols is 2. The third-order valence-corrected chi connectivity index (χ3v) is 3.94. The van der Waals surface area contributed by atoms with Crippen LogP contribution in [0.4, 0.5) is 0 Å². The zero-order valence-electron chi connectivity index (χ0n) is 12.8. The van der Waals surface area contributed by atoms with Gasteiger partial charge in [-0.15, -0.1) is 0 Å². The van der Waals surface area contributed by atoms with E-state index in [0.717, 1.165) is 16.9 Å². The van der Waals surface area contributed by atoms with Gasteiger partial charge in [-0.3, -0.25) is 0 Å². The molecule has 0 radical (unpaired) electrons. The van der Waals surface area contributed by atoms with Gasteiger partial charge in [-0.25, -0.2) is 0 Å². The number of methoxy groups -OCH3 is 1. The monoisotopic (exact) mass is 306 g/mol. The van der Waals surface area contributed by atoms with Gasteiger partial charge in [0.05, 0.1) is 7.11 Å². The highest BCUT2D eigenvalue weighted by Gasteiger charge is 2.23. The van der Waals surface area contributed by atoms with Gasteiger partial charge < -0.3 is 14.9 Å². The maximum absolute atomic E-state index is 10.4. The molecule has 2 N–H and O–H groups in total. The lowest BCUT2D eigenvalue weighted by Gasteiger charge is -2.22. The highest BCUT2D eigenvalue weighted by Crippen LogP contribution is 2.43. The van der Waals surface area contributed by atoms with Gasteiger partial charge in [0.1, 0.15) is 5.75 Å². The molecule has 1 atom stereocenters. The van der Waals surface area contributed by atoms with Crippen molar-refractivity contribution in [2.75, 3.05) is 7.11 Å². The van der Waals surface area contributed by atoms with E-state index in [4.69, 9.17) is 4.74 Å². The van der Waals surface area contributed by atoms with Crippen LogP contribution in [0.3, 0.4) is 0 Å². The molecular weight excluding hydrogens is 288 g/mol. The van der Waals surface area contributed by atoms with E-state index >= 15 is 0 Å². The second-order valence-corrected chi connectivity index (χ2v) is 5.30. The predicted molar refractivity (Wildman–Crippen MR) is 90.2 cm³/mol. The Morgan fingerprint density at radius 3 is 2.13 bits per heavy atom. The molecule has 0 spiro atoms. The Morgan fingerprint density at radius 1 is 0.739 bits per heavy atom. The highest BCUT2D eigenvalue weighted by molar-refractivity contribution is 5.56. The Morgan fingerprint density at radius 2 is 1.39 bits per heavy atom. The minimum absolute atomic E-state index is 0.104. The van der Waals surface area contributed by atoms with E-state index in [0.29, 0.717) is 5.56 Å². The topological polar surface area (TPSA) is 49.7 Å². The van der Waals surface area contributed by atoms with Crippen molar-refractivity contribution in [3.05, 3.63) is 89.5 Å². The molecule has 3 nitrogen and oxygen atoms in total. The largest absolute Gasteiger partial charge is 0.504 e. The molecule has 0 fully saturated rings. The summed E-state index contributed by atoms with van der Waals surface area (Å²) in [5.74, 6) is 0.272. The normalized spacial score (nSPS) is 11.9. The SMILES string of the molecule is COc1ccccc1C(c1ccccc1)c1cccc(O)c1O. The number of benzene rings is 3. The van der Waals surface area contributed by atoms with Crippen molar-refractivity contribution in [3.63, 3.8) is 0 Å². The van der Waals surface area contributed by atoms with Crippen molar-refractivity contribution in [1.82, 2.24) is 0 Å². The van der Waals surface area contributed by atoms with Gasteiger partial charge in [0.25, 0.3) is 0 Å². The van der Waals surface area contributed by atoms with Crippen molar-refractivity contribution >= 4 is 0 Å². The molecule has 3 aromatic rings. The molecule has 3 aromatic carbocycles. The molecule has 23 heavy (non-hydrogen) atoms. The molecule has 0 bridgehead atoms. The summed E-state index contributed by atoms with van der Waals surface area (Å²) in [5, 5.41) is 20.3. The van der Waals surface area contributed by atoms with Crippen LogP contribution in [0.2, 0.25) is 0 Å². The lowest BCUT2D eigenvalue weighted by Crippen LogP contribution is -2.05. The van der Waals surface area contributed by atoms with Gasteiger partial charge in [-0.1, -0.05) is 60.7 Å². The molecule has 0 aliphatic rings. The number of hydrogen-bond donors (Lipinski definition) is 2. The minimum atomic E-state index is -0.237. The van der Waals surface area contributed by atoms with Gasteiger partial charge in [-0.2, -0.15) is 0 Å². The molecule has 0 saturated heterocycles. The quantitative estimate of drug-likeness (QED) is 0.558. The summed E-state index contributed by atoms with van der Waals surface area (Å²) in [4.78, 5) is 0. The van der Waals surface area contributed by atoms with Crippen LogP contribution in [0.5, 0.6) is 17.2 Å². The Kier molecular flexibility index (Phi) is 4.20. The Hall–Kier alpha value is -2.94. The van der Waals surface area contributed by atoms with E-state index in [-0.39, 0.29) is 17.4 Å². The van der Waals surface area contributed by atoms with Gasteiger partial charge in [0, 0.05) is 17.0 Å². The first kappa shape index (κ1) is 15.0. The smallest absolute Gasteiger partial charge is 0.161 e. The third kappa shape index (κ3) is 2.86. The first-order valence-electron chi connectivity index (χ1n) is 7.41. The second-order valence-electron chi connectivity index (χ2n) is 5.30. The van der Waals surface area contributed by atoms with E-state index in [2.05, 4.69) is 0 Å². The molecule has 3 rings (SSSR count). The Labute approximate surface area is 135 Å². The zero-order chi connectivity index (χ0) is 16.2. The Balaban J connectivity index is 2.25. The van der Waals surface area contributed by atoms with E-state index in [1.165, 1.54) is 6.07 Å². The lowest BCUT2D eigenvalue weighted by molar-refractivity contribution is 0.396. The number of para-hydroxylation sites is 2. The fourth-order valence-electron chi connectivity index (χ4n) is 2.86. The predicted octanol–water partition coefficient (Wildman–Crippen LogP) is 4.29. The first-order chi connectivity index (χ1) is 11.2. The van der Waals surface area contributed by atoms with Crippen LogP contribution in [0.1, 0.15) is 22.6 Å². The fraction of sp³-hybridized carbons (Fsp3) is 0.100. The van der Waals surface area contributed by atoms with Crippen LogP contribution >= 0.6 is 0 Å². The van der Waals surface area contributed by atoms with Gasteiger partial charge in [-0.05, 0) is 17.7 Å². The molecule has 0 heterocycles. The van der Waals surface area contributed by atoms with Crippen LogP contribution < -0.4 is 4.74 Å². The standard InChI is InChI=1S/C20H18O3/c1-23-18-13-6-5-10-15(18)19(14-8-3-2-4-9-14)16-11-7-12-17(21)20(16)22/h2-13,19,21-22H,1H3. The van der Waals surface area contributed by atoms with E-state index < -0.39 is 0 Å². The molecule has 3 heteroatoms. The van der Waals surface area contributed by atoms with Crippen molar-refractivity contribution in [3.8, 4) is 17.2 Å². The summed E-state index contributed by atoms with van der Waals surface area (Å²) in [7, 11) is 1.63. The number of phenolic OH excluding ortho intramolecular Hbond substituents is 2. The molecule has 1 unspecified atom stereocenters. The fourth-order valence-corrected chi connectivity index (χ4v) is 2.86. The van der Waals surface area contributed by atoms with Gasteiger partial charge in [0.2, 0.25) is 0 Å². The number of hydrogen-bond acceptors (Lipinski definition) is 3. The van der Waals surface area contributed by atoms with Crippen molar-refractivity contribution in [2.24, 2.45) is 0 Å². The molecular formula is C20H18O3. The molecule has 0 amide bonds. The highest BCUT2D eigenvalue weighted by atomic mass is 16.5. The second kappa shape index (κ2) is 6.44. The van der Waals surface area contributed by atoms with Crippen molar-refractivity contribution in [1.29, 1.82) is 0 Å². The average molecular weight is 306 g/mol. The summed E-state index contributed by atoms with van der Waals surface area (Å²) in [6.07, 6.45) is 0. The molecule has 0 saturated carbocycles.